The van der Waals surface area contributed by atoms with Crippen LogP contribution in [0.3, 0.4) is 0 Å². The average Bonchev–Trinajstić information content (AvgIpc) is 2.55. The van der Waals surface area contributed by atoms with E-state index in [9.17, 15) is 19.7 Å². The number of non-ortho nitro benzene ring substituents is 1. The number of Topliss-reactive ketones (excluding diaryl/α,β-unsaturated/α-hetero) is 1. The van der Waals surface area contributed by atoms with E-state index in [-0.39, 0.29) is 30.2 Å². The molecule has 1 amide bonds. The highest BCUT2D eigenvalue weighted by molar-refractivity contribution is 5.98. The predicted molar refractivity (Wildman–Crippen MR) is 88.4 cm³/mol. The van der Waals surface area contributed by atoms with Gasteiger partial charge in [-0.3, -0.25) is 19.7 Å². The van der Waals surface area contributed by atoms with Crippen LogP contribution in [0.4, 0.5) is 5.69 Å². The summed E-state index contributed by atoms with van der Waals surface area (Å²) in [7, 11) is 0. The lowest BCUT2D eigenvalue weighted by Gasteiger charge is -2.05. The van der Waals surface area contributed by atoms with Crippen molar-refractivity contribution in [2.45, 2.75) is 51.9 Å². The molecule has 0 saturated carbocycles. The second-order valence-corrected chi connectivity index (χ2v) is 5.49. The number of carbonyl (C=O) groups excluding carboxylic acids is 2. The molecule has 1 rings (SSSR count). The minimum absolute atomic E-state index is 0.0534. The van der Waals surface area contributed by atoms with E-state index >= 15 is 0 Å². The van der Waals surface area contributed by atoms with Gasteiger partial charge in [-0.1, -0.05) is 32.6 Å². The van der Waals surface area contributed by atoms with Crippen molar-refractivity contribution in [2.24, 2.45) is 0 Å². The maximum Gasteiger partial charge on any atom is 0.269 e. The summed E-state index contributed by atoms with van der Waals surface area (Å²) in [4.78, 5) is 33.6. The number of nitrogens with zero attached hydrogens (tertiary/aromatic N) is 1. The summed E-state index contributed by atoms with van der Waals surface area (Å²) in [5, 5.41) is 13.4. The monoisotopic (exact) mass is 320 g/mol. The molecule has 0 atom stereocenters. The van der Waals surface area contributed by atoms with E-state index in [4.69, 9.17) is 0 Å². The van der Waals surface area contributed by atoms with E-state index in [1.165, 1.54) is 43.5 Å². The molecule has 0 heterocycles. The van der Waals surface area contributed by atoms with E-state index in [1.807, 2.05) is 0 Å². The number of unbranched alkanes of at least 4 members (excludes halogenated alkanes) is 4. The molecule has 0 saturated heterocycles. The third-order valence-corrected chi connectivity index (χ3v) is 3.58. The van der Waals surface area contributed by atoms with Crippen molar-refractivity contribution < 1.29 is 14.5 Å². The number of nitro benzene ring substituents is 1. The predicted octanol–water partition coefficient (Wildman–Crippen LogP) is 3.64. The molecule has 0 aliphatic carbocycles. The zero-order valence-electron chi connectivity index (χ0n) is 13.5. The molecule has 0 bridgehead atoms. The van der Waals surface area contributed by atoms with E-state index in [0.717, 1.165) is 12.8 Å². The summed E-state index contributed by atoms with van der Waals surface area (Å²) in [6.45, 7) is 2.80. The van der Waals surface area contributed by atoms with Crippen LogP contribution in [-0.4, -0.2) is 23.2 Å². The Hall–Kier alpha value is -2.24. The van der Waals surface area contributed by atoms with Crippen molar-refractivity contribution >= 4 is 17.4 Å². The number of amides is 1. The SMILES string of the molecule is CCCCCCCNC(=O)CCC(=O)c1ccc([N+](=O)[O-])cc1. The normalized spacial score (nSPS) is 10.3. The molecule has 6 nitrogen and oxygen atoms in total. The third-order valence-electron chi connectivity index (χ3n) is 3.58. The topological polar surface area (TPSA) is 89.3 Å². The van der Waals surface area contributed by atoms with Gasteiger partial charge in [-0.15, -0.1) is 0 Å². The van der Waals surface area contributed by atoms with Gasteiger partial charge in [0.1, 0.15) is 0 Å². The third kappa shape index (κ3) is 7.54. The van der Waals surface area contributed by atoms with Gasteiger partial charge in [0.25, 0.3) is 5.69 Å². The number of ketones is 1. The maximum atomic E-state index is 11.9. The fraction of sp³-hybridized carbons (Fsp3) is 0.529. The van der Waals surface area contributed by atoms with E-state index in [0.29, 0.717) is 12.1 Å². The zero-order valence-corrected chi connectivity index (χ0v) is 13.5. The van der Waals surface area contributed by atoms with Crippen molar-refractivity contribution in [1.29, 1.82) is 0 Å². The highest BCUT2D eigenvalue weighted by Gasteiger charge is 2.11. The van der Waals surface area contributed by atoms with E-state index in [2.05, 4.69) is 12.2 Å². The molecule has 126 valence electrons. The molecule has 0 fully saturated rings. The minimum atomic E-state index is -0.512. The number of benzene rings is 1. The molecule has 0 aromatic heterocycles. The van der Waals surface area contributed by atoms with Gasteiger partial charge >= 0.3 is 0 Å². The van der Waals surface area contributed by atoms with Crippen LogP contribution in [-0.2, 0) is 4.79 Å². The average molecular weight is 320 g/mol. The van der Waals surface area contributed by atoms with Crippen LogP contribution in [0, 0.1) is 10.1 Å². The Kier molecular flexibility index (Phi) is 8.57. The van der Waals surface area contributed by atoms with Gasteiger partial charge in [-0.25, -0.2) is 0 Å². The van der Waals surface area contributed by atoms with Crippen LogP contribution >= 0.6 is 0 Å². The van der Waals surface area contributed by atoms with Crippen LogP contribution in [0.25, 0.3) is 0 Å². The summed E-state index contributed by atoms with van der Waals surface area (Å²) in [6.07, 6.45) is 5.92. The molecule has 1 N–H and O–H groups in total. The Morgan fingerprint density at radius 3 is 2.30 bits per heavy atom. The first-order valence-electron chi connectivity index (χ1n) is 8.09. The number of nitro groups is 1. The summed E-state index contributed by atoms with van der Waals surface area (Å²) < 4.78 is 0. The standard InChI is InChI=1S/C17H24N2O4/c1-2-3-4-5-6-13-18-17(21)12-11-16(20)14-7-9-15(10-8-14)19(22)23/h7-10H,2-6,11-13H2,1H3,(H,18,21). The molecule has 23 heavy (non-hydrogen) atoms. The minimum Gasteiger partial charge on any atom is -0.356 e. The van der Waals surface area contributed by atoms with Gasteiger partial charge in [0.2, 0.25) is 5.91 Å². The Balaban J connectivity index is 2.24. The van der Waals surface area contributed by atoms with Crippen LogP contribution in [0.2, 0.25) is 0 Å². The van der Waals surface area contributed by atoms with Gasteiger partial charge in [0, 0.05) is 37.1 Å². The maximum absolute atomic E-state index is 11.9. The van der Waals surface area contributed by atoms with Crippen LogP contribution in [0.15, 0.2) is 24.3 Å². The Morgan fingerprint density at radius 1 is 1.04 bits per heavy atom. The number of nitrogens with one attached hydrogen (secondary N) is 1. The lowest BCUT2D eigenvalue weighted by Crippen LogP contribution is -2.24. The zero-order chi connectivity index (χ0) is 17.1. The molecule has 0 radical (unpaired) electrons. The van der Waals surface area contributed by atoms with Crippen molar-refractivity contribution in [3.8, 4) is 0 Å². The first-order chi connectivity index (χ1) is 11.0. The lowest BCUT2D eigenvalue weighted by atomic mass is 10.1. The largest absolute Gasteiger partial charge is 0.356 e. The highest BCUT2D eigenvalue weighted by atomic mass is 16.6. The van der Waals surface area contributed by atoms with Gasteiger partial charge in [-0.2, -0.15) is 0 Å². The molecule has 1 aromatic rings. The van der Waals surface area contributed by atoms with Crippen LogP contribution in [0.5, 0.6) is 0 Å². The summed E-state index contributed by atoms with van der Waals surface area (Å²) in [5.41, 5.74) is 0.338. The molecular weight excluding hydrogens is 296 g/mol. The summed E-state index contributed by atoms with van der Waals surface area (Å²) >= 11 is 0. The first-order valence-corrected chi connectivity index (χ1v) is 8.09. The summed E-state index contributed by atoms with van der Waals surface area (Å²) in [6, 6.07) is 5.44. The Morgan fingerprint density at radius 2 is 1.70 bits per heavy atom. The van der Waals surface area contributed by atoms with E-state index < -0.39 is 4.92 Å². The lowest BCUT2D eigenvalue weighted by molar-refractivity contribution is -0.384. The number of carbonyl (C=O) groups is 2. The fourth-order valence-corrected chi connectivity index (χ4v) is 2.19. The Bertz CT molecular complexity index is 526. The second kappa shape index (κ2) is 10.5. The van der Waals surface area contributed by atoms with Crippen molar-refractivity contribution in [3.05, 3.63) is 39.9 Å². The molecular formula is C17H24N2O4. The summed E-state index contributed by atoms with van der Waals surface area (Å²) in [5.74, 6) is -0.311. The first kappa shape index (κ1) is 18.8. The van der Waals surface area contributed by atoms with Gasteiger partial charge in [-0.05, 0) is 18.6 Å². The van der Waals surface area contributed by atoms with Crippen molar-refractivity contribution in [1.82, 2.24) is 5.32 Å². The number of hydrogen-bond acceptors (Lipinski definition) is 4. The van der Waals surface area contributed by atoms with Crippen molar-refractivity contribution in [3.63, 3.8) is 0 Å². The van der Waals surface area contributed by atoms with Gasteiger partial charge < -0.3 is 5.32 Å². The second-order valence-electron chi connectivity index (χ2n) is 5.49. The van der Waals surface area contributed by atoms with E-state index in [1.54, 1.807) is 0 Å². The van der Waals surface area contributed by atoms with Crippen LogP contribution < -0.4 is 5.32 Å². The molecule has 1 aromatic carbocycles. The number of rotatable bonds is 11. The van der Waals surface area contributed by atoms with Crippen molar-refractivity contribution in [2.75, 3.05) is 6.54 Å². The number of hydrogen-bond donors (Lipinski definition) is 1. The molecule has 0 aliphatic rings. The molecule has 0 unspecified atom stereocenters. The molecule has 0 spiro atoms. The fourth-order valence-electron chi connectivity index (χ4n) is 2.19. The Labute approximate surface area is 136 Å². The quantitative estimate of drug-likeness (QED) is 0.292. The smallest absolute Gasteiger partial charge is 0.269 e. The van der Waals surface area contributed by atoms with Gasteiger partial charge in [0.15, 0.2) is 5.78 Å². The van der Waals surface area contributed by atoms with Crippen LogP contribution in [0.1, 0.15) is 62.2 Å². The highest BCUT2D eigenvalue weighted by Crippen LogP contribution is 2.13. The van der Waals surface area contributed by atoms with Gasteiger partial charge in [0.05, 0.1) is 4.92 Å². The molecule has 6 heteroatoms. The molecule has 0 aliphatic heterocycles.